The molecule has 1 aromatic carbocycles. The topological polar surface area (TPSA) is 70.1 Å². The Hall–Kier alpha value is -2.30. The summed E-state index contributed by atoms with van der Waals surface area (Å²) in [5.41, 5.74) is 7.95. The standard InChI is InChI=1S/C13H15N3O2/c1-9-5-13(17)16(8-15-9)7-10-3-4-12(18-2)11(14)6-10/h3-6,8H,7,14H2,1-2H3. The summed E-state index contributed by atoms with van der Waals surface area (Å²) in [5.74, 6) is 0.633. The Balaban J connectivity index is 2.29. The van der Waals surface area contributed by atoms with E-state index in [4.69, 9.17) is 10.5 Å². The number of aromatic nitrogens is 2. The van der Waals surface area contributed by atoms with E-state index in [1.165, 1.54) is 17.0 Å². The van der Waals surface area contributed by atoms with Crippen molar-refractivity contribution in [1.82, 2.24) is 9.55 Å². The van der Waals surface area contributed by atoms with Gasteiger partial charge in [-0.05, 0) is 24.6 Å². The van der Waals surface area contributed by atoms with E-state index in [0.29, 0.717) is 23.7 Å². The molecule has 18 heavy (non-hydrogen) atoms. The smallest absolute Gasteiger partial charge is 0.253 e. The van der Waals surface area contributed by atoms with Gasteiger partial charge in [-0.1, -0.05) is 6.07 Å². The van der Waals surface area contributed by atoms with Crippen molar-refractivity contribution < 1.29 is 4.74 Å². The van der Waals surface area contributed by atoms with Crippen LogP contribution in [-0.4, -0.2) is 16.7 Å². The van der Waals surface area contributed by atoms with Gasteiger partial charge < -0.3 is 10.5 Å². The second kappa shape index (κ2) is 4.91. The van der Waals surface area contributed by atoms with E-state index < -0.39 is 0 Å². The average Bonchev–Trinajstić information content (AvgIpc) is 2.33. The van der Waals surface area contributed by atoms with Crippen molar-refractivity contribution in [2.45, 2.75) is 13.5 Å². The monoisotopic (exact) mass is 245 g/mol. The number of nitrogen functional groups attached to an aromatic ring is 1. The van der Waals surface area contributed by atoms with Crippen molar-refractivity contribution in [3.8, 4) is 5.75 Å². The molecule has 0 bridgehead atoms. The zero-order valence-electron chi connectivity index (χ0n) is 10.4. The maximum Gasteiger partial charge on any atom is 0.253 e. The van der Waals surface area contributed by atoms with Crippen LogP contribution in [0.5, 0.6) is 5.75 Å². The van der Waals surface area contributed by atoms with E-state index in [-0.39, 0.29) is 5.56 Å². The molecule has 0 spiro atoms. The van der Waals surface area contributed by atoms with Crippen LogP contribution in [0.3, 0.4) is 0 Å². The Kier molecular flexibility index (Phi) is 3.32. The number of hydrogen-bond acceptors (Lipinski definition) is 4. The molecule has 2 rings (SSSR count). The third kappa shape index (κ3) is 2.51. The summed E-state index contributed by atoms with van der Waals surface area (Å²) in [7, 11) is 1.57. The summed E-state index contributed by atoms with van der Waals surface area (Å²) in [4.78, 5) is 15.8. The lowest BCUT2D eigenvalue weighted by molar-refractivity contribution is 0.417. The molecule has 0 atom stereocenters. The highest BCUT2D eigenvalue weighted by Crippen LogP contribution is 2.21. The first-order valence-corrected chi connectivity index (χ1v) is 5.55. The Morgan fingerprint density at radius 2 is 2.17 bits per heavy atom. The minimum Gasteiger partial charge on any atom is -0.495 e. The van der Waals surface area contributed by atoms with Crippen LogP contribution < -0.4 is 16.0 Å². The van der Waals surface area contributed by atoms with Gasteiger partial charge in [-0.25, -0.2) is 4.98 Å². The molecule has 0 saturated carbocycles. The van der Waals surface area contributed by atoms with Crippen molar-refractivity contribution in [2.75, 3.05) is 12.8 Å². The molecule has 5 heteroatoms. The third-order valence-corrected chi connectivity index (χ3v) is 2.66. The van der Waals surface area contributed by atoms with Crippen LogP contribution in [-0.2, 0) is 6.54 Å². The normalized spacial score (nSPS) is 10.3. The Morgan fingerprint density at radius 3 is 2.78 bits per heavy atom. The lowest BCUT2D eigenvalue weighted by Gasteiger charge is -2.08. The van der Waals surface area contributed by atoms with Crippen molar-refractivity contribution in [3.05, 3.63) is 52.2 Å². The number of anilines is 1. The number of ether oxygens (including phenoxy) is 1. The quantitative estimate of drug-likeness (QED) is 0.825. The Labute approximate surface area is 105 Å². The third-order valence-electron chi connectivity index (χ3n) is 2.66. The highest BCUT2D eigenvalue weighted by Gasteiger charge is 2.03. The average molecular weight is 245 g/mol. The lowest BCUT2D eigenvalue weighted by Crippen LogP contribution is -2.20. The molecule has 0 amide bonds. The van der Waals surface area contributed by atoms with Crippen molar-refractivity contribution in [2.24, 2.45) is 0 Å². The van der Waals surface area contributed by atoms with Crippen LogP contribution in [0.2, 0.25) is 0 Å². The summed E-state index contributed by atoms with van der Waals surface area (Å²) in [6.07, 6.45) is 1.54. The molecule has 0 saturated heterocycles. The summed E-state index contributed by atoms with van der Waals surface area (Å²) < 4.78 is 6.62. The van der Waals surface area contributed by atoms with Crippen molar-refractivity contribution in [1.29, 1.82) is 0 Å². The molecular weight excluding hydrogens is 230 g/mol. The summed E-state index contributed by atoms with van der Waals surface area (Å²) in [6.45, 7) is 2.23. The molecule has 0 aliphatic carbocycles. The number of rotatable bonds is 3. The SMILES string of the molecule is COc1ccc(Cn2cnc(C)cc2=O)cc1N. The fourth-order valence-electron chi connectivity index (χ4n) is 1.71. The summed E-state index contributed by atoms with van der Waals surface area (Å²) in [6, 6.07) is 6.97. The van der Waals surface area contributed by atoms with E-state index >= 15 is 0 Å². The molecular formula is C13H15N3O2. The number of methoxy groups -OCH3 is 1. The molecule has 2 N–H and O–H groups in total. The van der Waals surface area contributed by atoms with Crippen LogP contribution in [0, 0.1) is 6.92 Å². The minimum atomic E-state index is -0.0723. The predicted octanol–water partition coefficient (Wildman–Crippen LogP) is 1.19. The van der Waals surface area contributed by atoms with Gasteiger partial charge in [-0.3, -0.25) is 9.36 Å². The molecule has 0 radical (unpaired) electrons. The van der Waals surface area contributed by atoms with E-state index in [0.717, 1.165) is 5.56 Å². The van der Waals surface area contributed by atoms with Gasteiger partial charge in [0.05, 0.1) is 25.7 Å². The Morgan fingerprint density at radius 1 is 1.39 bits per heavy atom. The number of benzene rings is 1. The van der Waals surface area contributed by atoms with Gasteiger partial charge in [0.15, 0.2) is 0 Å². The second-order valence-corrected chi connectivity index (χ2v) is 4.07. The van der Waals surface area contributed by atoms with Gasteiger partial charge in [0, 0.05) is 11.8 Å². The molecule has 0 aliphatic rings. The van der Waals surface area contributed by atoms with Crippen LogP contribution in [0.1, 0.15) is 11.3 Å². The molecule has 1 heterocycles. The van der Waals surface area contributed by atoms with E-state index in [2.05, 4.69) is 4.98 Å². The van der Waals surface area contributed by atoms with E-state index in [9.17, 15) is 4.79 Å². The fourth-order valence-corrected chi connectivity index (χ4v) is 1.71. The van der Waals surface area contributed by atoms with Crippen LogP contribution in [0.15, 0.2) is 35.4 Å². The van der Waals surface area contributed by atoms with Gasteiger partial charge in [0.25, 0.3) is 5.56 Å². The largest absolute Gasteiger partial charge is 0.495 e. The van der Waals surface area contributed by atoms with Crippen LogP contribution in [0.25, 0.3) is 0 Å². The highest BCUT2D eigenvalue weighted by molar-refractivity contribution is 5.54. The maximum atomic E-state index is 11.7. The maximum absolute atomic E-state index is 11.7. The first kappa shape index (κ1) is 12.2. The van der Waals surface area contributed by atoms with Gasteiger partial charge in [-0.15, -0.1) is 0 Å². The Bertz CT molecular complexity index is 620. The molecule has 1 aromatic heterocycles. The van der Waals surface area contributed by atoms with Crippen molar-refractivity contribution >= 4 is 5.69 Å². The lowest BCUT2D eigenvalue weighted by atomic mass is 10.2. The number of nitrogens with zero attached hydrogens (tertiary/aromatic N) is 2. The van der Waals surface area contributed by atoms with Crippen LogP contribution >= 0.6 is 0 Å². The van der Waals surface area contributed by atoms with Crippen LogP contribution in [0.4, 0.5) is 5.69 Å². The molecule has 2 aromatic rings. The van der Waals surface area contributed by atoms with Gasteiger partial charge >= 0.3 is 0 Å². The van der Waals surface area contributed by atoms with E-state index in [1.807, 2.05) is 6.07 Å². The van der Waals surface area contributed by atoms with E-state index in [1.54, 1.807) is 26.2 Å². The highest BCUT2D eigenvalue weighted by atomic mass is 16.5. The fraction of sp³-hybridized carbons (Fsp3) is 0.231. The molecule has 0 fully saturated rings. The first-order chi connectivity index (χ1) is 8.60. The zero-order chi connectivity index (χ0) is 13.1. The minimum absolute atomic E-state index is 0.0723. The van der Waals surface area contributed by atoms with Gasteiger partial charge in [0.2, 0.25) is 0 Å². The number of aryl methyl sites for hydroxylation is 1. The molecule has 5 nitrogen and oxygen atoms in total. The van der Waals surface area contributed by atoms with Gasteiger partial charge in [0.1, 0.15) is 5.75 Å². The predicted molar refractivity (Wildman–Crippen MR) is 69.7 cm³/mol. The molecule has 0 unspecified atom stereocenters. The summed E-state index contributed by atoms with van der Waals surface area (Å²) in [5, 5.41) is 0. The molecule has 94 valence electrons. The second-order valence-electron chi connectivity index (χ2n) is 4.07. The number of hydrogen-bond donors (Lipinski definition) is 1. The summed E-state index contributed by atoms with van der Waals surface area (Å²) >= 11 is 0. The zero-order valence-corrected chi connectivity index (χ0v) is 10.4. The van der Waals surface area contributed by atoms with Crippen molar-refractivity contribution in [3.63, 3.8) is 0 Å². The van der Waals surface area contributed by atoms with Gasteiger partial charge in [-0.2, -0.15) is 0 Å². The molecule has 0 aliphatic heterocycles. The first-order valence-electron chi connectivity index (χ1n) is 5.55. The number of nitrogens with two attached hydrogens (primary N) is 1.